The molecule has 0 aliphatic carbocycles. The molecule has 0 aliphatic heterocycles. The first kappa shape index (κ1) is 32.9. The number of sulfonamides is 1. The maximum absolute atomic E-state index is 13.9. The van der Waals surface area contributed by atoms with E-state index in [4.69, 9.17) is 11.6 Å². The lowest BCUT2D eigenvalue weighted by Gasteiger charge is -2.32. The van der Waals surface area contributed by atoms with Gasteiger partial charge in [0.05, 0.1) is 21.2 Å². The fourth-order valence-electron chi connectivity index (χ4n) is 4.16. The molecular formula is C30H33ClF3N3O4S. The second kappa shape index (κ2) is 13.6. The van der Waals surface area contributed by atoms with E-state index < -0.39 is 51.9 Å². The molecular weight excluding hydrogens is 591 g/mol. The van der Waals surface area contributed by atoms with Crippen molar-refractivity contribution in [3.63, 3.8) is 0 Å². The van der Waals surface area contributed by atoms with Gasteiger partial charge in [-0.15, -0.1) is 0 Å². The largest absolute Gasteiger partial charge is 0.416 e. The minimum absolute atomic E-state index is 0.0493. The zero-order valence-electron chi connectivity index (χ0n) is 23.7. The third-order valence-electron chi connectivity index (χ3n) is 6.44. The summed E-state index contributed by atoms with van der Waals surface area (Å²) >= 11 is 6.27. The Morgan fingerprint density at radius 1 is 0.952 bits per heavy atom. The van der Waals surface area contributed by atoms with Crippen LogP contribution in [0.4, 0.5) is 18.9 Å². The monoisotopic (exact) mass is 623 g/mol. The van der Waals surface area contributed by atoms with Gasteiger partial charge < -0.3 is 10.2 Å². The molecule has 2 amide bonds. The van der Waals surface area contributed by atoms with Crippen LogP contribution >= 0.6 is 11.6 Å². The number of carbonyl (C=O) groups is 2. The quantitative estimate of drug-likeness (QED) is 0.282. The zero-order valence-corrected chi connectivity index (χ0v) is 25.2. The molecule has 0 aromatic heterocycles. The Morgan fingerprint density at radius 2 is 1.62 bits per heavy atom. The second-order valence-electron chi connectivity index (χ2n) is 10.3. The van der Waals surface area contributed by atoms with Gasteiger partial charge in [0.25, 0.3) is 10.0 Å². The zero-order chi connectivity index (χ0) is 31.2. The number of hydrogen-bond donors (Lipinski definition) is 1. The lowest BCUT2D eigenvalue weighted by Crippen LogP contribution is -2.51. The van der Waals surface area contributed by atoms with Crippen molar-refractivity contribution in [3.05, 3.63) is 94.5 Å². The average Bonchev–Trinajstić information content (AvgIpc) is 2.93. The van der Waals surface area contributed by atoms with E-state index in [2.05, 4.69) is 5.32 Å². The van der Waals surface area contributed by atoms with E-state index in [0.717, 1.165) is 17.7 Å². The highest BCUT2D eigenvalue weighted by Gasteiger charge is 2.36. The number of nitrogens with one attached hydrogen (secondary N) is 1. The van der Waals surface area contributed by atoms with Gasteiger partial charge in [-0.25, -0.2) is 8.42 Å². The molecule has 7 nitrogen and oxygen atoms in total. The van der Waals surface area contributed by atoms with E-state index in [0.29, 0.717) is 22.5 Å². The fraction of sp³-hybridized carbons (Fsp3) is 0.333. The van der Waals surface area contributed by atoms with Crippen LogP contribution in [0.5, 0.6) is 0 Å². The third-order valence-corrected chi connectivity index (χ3v) is 8.53. The molecule has 226 valence electrons. The number of nitrogens with zero attached hydrogens (tertiary/aromatic N) is 2. The molecule has 0 radical (unpaired) electrons. The SMILES string of the molecule is Cc1cccc(CN(C(=O)CN(c2cc(C(F)(F)F)ccc2Cl)S(=O)(=O)c2ccccc2)C(C)C(=O)NCC(C)C)c1. The van der Waals surface area contributed by atoms with Crippen LogP contribution in [0.2, 0.25) is 5.02 Å². The number of amides is 2. The van der Waals surface area contributed by atoms with Crippen molar-refractivity contribution >= 4 is 39.1 Å². The van der Waals surface area contributed by atoms with Gasteiger partial charge in [0, 0.05) is 13.1 Å². The van der Waals surface area contributed by atoms with Crippen LogP contribution in [0.25, 0.3) is 0 Å². The number of hydrogen-bond acceptors (Lipinski definition) is 4. The lowest BCUT2D eigenvalue weighted by molar-refractivity contribution is -0.139. The number of anilines is 1. The number of benzene rings is 3. The molecule has 1 unspecified atom stereocenters. The van der Waals surface area contributed by atoms with E-state index in [1.54, 1.807) is 18.2 Å². The molecule has 3 rings (SSSR count). The number of rotatable bonds is 11. The number of halogens is 4. The summed E-state index contributed by atoms with van der Waals surface area (Å²) < 4.78 is 69.1. The molecule has 0 fully saturated rings. The van der Waals surface area contributed by atoms with Crippen molar-refractivity contribution in [1.29, 1.82) is 0 Å². The van der Waals surface area contributed by atoms with Crippen molar-refractivity contribution in [2.45, 2.75) is 51.4 Å². The van der Waals surface area contributed by atoms with Gasteiger partial charge in [-0.2, -0.15) is 13.2 Å². The molecule has 12 heteroatoms. The van der Waals surface area contributed by atoms with Crippen LogP contribution in [0.15, 0.2) is 77.7 Å². The van der Waals surface area contributed by atoms with Crippen molar-refractivity contribution in [2.24, 2.45) is 5.92 Å². The van der Waals surface area contributed by atoms with Gasteiger partial charge in [-0.05, 0) is 55.7 Å². The van der Waals surface area contributed by atoms with Gasteiger partial charge in [0.15, 0.2) is 0 Å². The molecule has 0 aliphatic rings. The van der Waals surface area contributed by atoms with E-state index >= 15 is 0 Å². The average molecular weight is 624 g/mol. The summed E-state index contributed by atoms with van der Waals surface area (Å²) in [6.07, 6.45) is -4.80. The van der Waals surface area contributed by atoms with E-state index in [1.807, 2.05) is 32.9 Å². The Bertz CT molecular complexity index is 1520. The number of aryl methyl sites for hydroxylation is 1. The van der Waals surface area contributed by atoms with Crippen LogP contribution in [-0.2, 0) is 32.3 Å². The van der Waals surface area contributed by atoms with Crippen molar-refractivity contribution in [3.8, 4) is 0 Å². The van der Waals surface area contributed by atoms with Crippen LogP contribution in [0.3, 0.4) is 0 Å². The smallest absolute Gasteiger partial charge is 0.354 e. The standard InChI is InChI=1S/C30H33ClF3N3O4S/c1-20(2)17-35-29(39)22(4)36(18-23-10-8-9-21(3)15-23)28(38)19-37(42(40,41)25-11-6-5-7-12-25)27-16-24(30(32,33)34)13-14-26(27)31/h5-16,20,22H,17-19H2,1-4H3,(H,35,39). The summed E-state index contributed by atoms with van der Waals surface area (Å²) in [5, 5.41) is 2.48. The summed E-state index contributed by atoms with van der Waals surface area (Å²) in [5.74, 6) is -1.13. The van der Waals surface area contributed by atoms with Crippen molar-refractivity contribution in [1.82, 2.24) is 10.2 Å². The fourth-order valence-corrected chi connectivity index (χ4v) is 5.87. The topological polar surface area (TPSA) is 86.8 Å². The highest BCUT2D eigenvalue weighted by Crippen LogP contribution is 2.37. The first-order chi connectivity index (χ1) is 19.6. The predicted molar refractivity (Wildman–Crippen MR) is 156 cm³/mol. The minimum Gasteiger partial charge on any atom is -0.354 e. The lowest BCUT2D eigenvalue weighted by atomic mass is 10.1. The molecule has 1 N–H and O–H groups in total. The summed E-state index contributed by atoms with van der Waals surface area (Å²) in [7, 11) is -4.58. The summed E-state index contributed by atoms with van der Waals surface area (Å²) in [6, 6.07) is 15.5. The van der Waals surface area contributed by atoms with Gasteiger partial charge in [0.1, 0.15) is 12.6 Å². The van der Waals surface area contributed by atoms with Crippen LogP contribution < -0.4 is 9.62 Å². The Labute approximate surface area is 249 Å². The van der Waals surface area contributed by atoms with Gasteiger partial charge in [-0.1, -0.05) is 73.5 Å². The first-order valence-electron chi connectivity index (χ1n) is 13.2. The predicted octanol–water partition coefficient (Wildman–Crippen LogP) is 6.05. The molecule has 0 spiro atoms. The third kappa shape index (κ3) is 8.25. The van der Waals surface area contributed by atoms with Gasteiger partial charge in [-0.3, -0.25) is 13.9 Å². The number of carbonyl (C=O) groups excluding carboxylic acids is 2. The van der Waals surface area contributed by atoms with Crippen molar-refractivity contribution < 1.29 is 31.2 Å². The Morgan fingerprint density at radius 3 is 2.21 bits per heavy atom. The number of alkyl halides is 3. The molecule has 1 atom stereocenters. The first-order valence-corrected chi connectivity index (χ1v) is 15.0. The Kier molecular flexibility index (Phi) is 10.7. The summed E-state index contributed by atoms with van der Waals surface area (Å²) in [4.78, 5) is 28.0. The Balaban J connectivity index is 2.11. The molecule has 0 bridgehead atoms. The molecule has 3 aromatic carbocycles. The highest BCUT2D eigenvalue weighted by atomic mass is 35.5. The maximum Gasteiger partial charge on any atom is 0.416 e. The van der Waals surface area contributed by atoms with E-state index in [9.17, 15) is 31.2 Å². The summed E-state index contributed by atoms with van der Waals surface area (Å²) in [6.45, 7) is 6.58. The van der Waals surface area contributed by atoms with Crippen LogP contribution in [0.1, 0.15) is 37.5 Å². The normalized spacial score (nSPS) is 12.6. The second-order valence-corrected chi connectivity index (χ2v) is 12.6. The molecule has 0 saturated heterocycles. The van der Waals surface area contributed by atoms with Gasteiger partial charge in [0.2, 0.25) is 11.8 Å². The van der Waals surface area contributed by atoms with E-state index in [-0.39, 0.29) is 22.4 Å². The minimum atomic E-state index is -4.80. The van der Waals surface area contributed by atoms with Crippen molar-refractivity contribution in [2.75, 3.05) is 17.4 Å². The van der Waals surface area contributed by atoms with Gasteiger partial charge >= 0.3 is 6.18 Å². The molecule has 3 aromatic rings. The summed E-state index contributed by atoms with van der Waals surface area (Å²) in [5.41, 5.74) is -0.0703. The Hall–Kier alpha value is -3.57. The molecule has 42 heavy (non-hydrogen) atoms. The maximum atomic E-state index is 13.9. The van der Waals surface area contributed by atoms with E-state index in [1.165, 1.54) is 36.1 Å². The van der Waals surface area contributed by atoms with Crippen LogP contribution in [0, 0.1) is 12.8 Å². The molecule has 0 saturated carbocycles. The molecule has 0 heterocycles. The van der Waals surface area contributed by atoms with Crippen LogP contribution in [-0.4, -0.2) is 44.3 Å². The highest BCUT2D eigenvalue weighted by molar-refractivity contribution is 7.92.